The Kier molecular flexibility index (Phi) is 5.38. The van der Waals surface area contributed by atoms with Gasteiger partial charge in [-0.15, -0.1) is 11.3 Å². The Morgan fingerprint density at radius 3 is 2.90 bits per heavy atom. The molecule has 1 aromatic carbocycles. The van der Waals surface area contributed by atoms with Gasteiger partial charge in [0.1, 0.15) is 5.75 Å². The number of carbonyl (C=O) groups is 1. The Morgan fingerprint density at radius 1 is 1.30 bits per heavy atom. The average Bonchev–Trinajstić information content (AvgIpc) is 2.97. The highest BCUT2D eigenvalue weighted by molar-refractivity contribution is 7.10. The van der Waals surface area contributed by atoms with Crippen LogP contribution >= 0.6 is 11.3 Å². The van der Waals surface area contributed by atoms with Crippen molar-refractivity contribution in [2.45, 2.75) is 13.3 Å². The predicted octanol–water partition coefficient (Wildman–Crippen LogP) is 4.19. The Balaban J connectivity index is 2.00. The van der Waals surface area contributed by atoms with Gasteiger partial charge in [0, 0.05) is 11.0 Å². The molecule has 2 aromatic rings. The highest BCUT2D eigenvalue weighted by atomic mass is 32.1. The number of rotatable bonds is 6. The van der Waals surface area contributed by atoms with E-state index < -0.39 is 0 Å². The first-order chi connectivity index (χ1) is 9.79. The van der Waals surface area contributed by atoms with E-state index in [2.05, 4.69) is 5.32 Å². The second kappa shape index (κ2) is 7.50. The van der Waals surface area contributed by atoms with Crippen LogP contribution in [0, 0.1) is 0 Å². The zero-order valence-electron chi connectivity index (χ0n) is 11.3. The molecule has 3 nitrogen and oxygen atoms in total. The molecule has 0 saturated carbocycles. The fraction of sp³-hybridized carbons (Fsp3) is 0.188. The zero-order chi connectivity index (χ0) is 14.2. The van der Waals surface area contributed by atoms with Gasteiger partial charge < -0.3 is 10.1 Å². The minimum atomic E-state index is -0.161. The van der Waals surface area contributed by atoms with Gasteiger partial charge in [0.2, 0.25) is 5.91 Å². The maximum atomic E-state index is 11.9. The maximum absolute atomic E-state index is 11.9. The van der Waals surface area contributed by atoms with E-state index in [1.807, 2.05) is 48.7 Å². The molecule has 1 heterocycles. The molecule has 0 saturated heterocycles. The summed E-state index contributed by atoms with van der Waals surface area (Å²) in [5.41, 5.74) is 0.696. The van der Waals surface area contributed by atoms with E-state index in [0.29, 0.717) is 18.0 Å². The summed E-state index contributed by atoms with van der Waals surface area (Å²) in [5, 5.41) is 4.81. The number of anilines is 1. The Labute approximate surface area is 122 Å². The molecule has 20 heavy (non-hydrogen) atoms. The molecule has 0 fully saturated rings. The average molecular weight is 287 g/mol. The number of para-hydroxylation sites is 2. The van der Waals surface area contributed by atoms with Gasteiger partial charge in [-0.05, 0) is 36.1 Å². The fourth-order valence-corrected chi connectivity index (χ4v) is 2.24. The SMILES string of the molecule is CCCOc1ccccc1NC(=O)/C=C/c1cccs1. The minimum absolute atomic E-state index is 0.161. The second-order valence-electron chi connectivity index (χ2n) is 4.18. The van der Waals surface area contributed by atoms with E-state index in [1.165, 1.54) is 6.08 Å². The quantitative estimate of drug-likeness (QED) is 0.809. The zero-order valence-corrected chi connectivity index (χ0v) is 12.2. The standard InChI is InChI=1S/C16H17NO2S/c1-2-11-19-15-8-4-3-7-14(15)17-16(18)10-9-13-6-5-12-20-13/h3-10,12H,2,11H2,1H3,(H,17,18)/b10-9+. The number of amides is 1. The number of ether oxygens (including phenoxy) is 1. The molecule has 1 amide bonds. The maximum Gasteiger partial charge on any atom is 0.248 e. The van der Waals surface area contributed by atoms with Crippen LogP contribution in [0.2, 0.25) is 0 Å². The molecule has 2 rings (SSSR count). The van der Waals surface area contributed by atoms with Crippen LogP contribution in [0.15, 0.2) is 47.9 Å². The van der Waals surface area contributed by atoms with Crippen LogP contribution in [0.3, 0.4) is 0 Å². The van der Waals surface area contributed by atoms with Crippen LogP contribution in [-0.4, -0.2) is 12.5 Å². The highest BCUT2D eigenvalue weighted by Crippen LogP contribution is 2.24. The molecular formula is C16H17NO2S. The first-order valence-electron chi connectivity index (χ1n) is 6.54. The lowest BCUT2D eigenvalue weighted by Crippen LogP contribution is -2.09. The molecule has 0 spiro atoms. The molecule has 0 atom stereocenters. The van der Waals surface area contributed by atoms with Crippen LogP contribution in [0.1, 0.15) is 18.2 Å². The highest BCUT2D eigenvalue weighted by Gasteiger charge is 2.04. The van der Waals surface area contributed by atoms with Gasteiger partial charge in [-0.1, -0.05) is 25.1 Å². The van der Waals surface area contributed by atoms with Crippen LogP contribution in [-0.2, 0) is 4.79 Å². The van der Waals surface area contributed by atoms with Gasteiger partial charge >= 0.3 is 0 Å². The third-order valence-electron chi connectivity index (χ3n) is 2.55. The second-order valence-corrected chi connectivity index (χ2v) is 5.16. The van der Waals surface area contributed by atoms with E-state index in [-0.39, 0.29) is 5.91 Å². The number of carbonyl (C=O) groups excluding carboxylic acids is 1. The molecule has 4 heteroatoms. The molecule has 1 aromatic heterocycles. The van der Waals surface area contributed by atoms with Crippen molar-refractivity contribution in [1.29, 1.82) is 0 Å². The summed E-state index contributed by atoms with van der Waals surface area (Å²) in [7, 11) is 0. The van der Waals surface area contributed by atoms with Crippen LogP contribution in [0.25, 0.3) is 6.08 Å². The van der Waals surface area contributed by atoms with Crippen molar-refractivity contribution >= 4 is 29.0 Å². The van der Waals surface area contributed by atoms with Gasteiger partial charge in [-0.25, -0.2) is 0 Å². The van der Waals surface area contributed by atoms with Gasteiger partial charge in [0.25, 0.3) is 0 Å². The smallest absolute Gasteiger partial charge is 0.248 e. The normalized spacial score (nSPS) is 10.7. The molecule has 0 radical (unpaired) electrons. The first-order valence-corrected chi connectivity index (χ1v) is 7.42. The van der Waals surface area contributed by atoms with Crippen LogP contribution in [0.5, 0.6) is 5.75 Å². The van der Waals surface area contributed by atoms with Gasteiger partial charge in [0.15, 0.2) is 0 Å². The van der Waals surface area contributed by atoms with E-state index in [0.717, 1.165) is 11.3 Å². The van der Waals surface area contributed by atoms with Crippen molar-refractivity contribution in [1.82, 2.24) is 0 Å². The van der Waals surface area contributed by atoms with E-state index in [4.69, 9.17) is 4.74 Å². The molecule has 0 aliphatic rings. The third-order valence-corrected chi connectivity index (χ3v) is 3.39. The summed E-state index contributed by atoms with van der Waals surface area (Å²) in [6.07, 6.45) is 4.26. The summed E-state index contributed by atoms with van der Waals surface area (Å²) in [4.78, 5) is 12.9. The van der Waals surface area contributed by atoms with Crippen molar-refractivity contribution in [3.63, 3.8) is 0 Å². The summed E-state index contributed by atoms with van der Waals surface area (Å²) >= 11 is 1.59. The largest absolute Gasteiger partial charge is 0.491 e. The summed E-state index contributed by atoms with van der Waals surface area (Å²) < 4.78 is 5.60. The summed E-state index contributed by atoms with van der Waals surface area (Å²) in [6.45, 7) is 2.68. The Morgan fingerprint density at radius 2 is 2.15 bits per heavy atom. The molecule has 0 unspecified atom stereocenters. The topological polar surface area (TPSA) is 38.3 Å². The van der Waals surface area contributed by atoms with Crippen molar-refractivity contribution in [2.24, 2.45) is 0 Å². The lowest BCUT2D eigenvalue weighted by atomic mass is 10.3. The van der Waals surface area contributed by atoms with E-state index >= 15 is 0 Å². The lowest BCUT2D eigenvalue weighted by Gasteiger charge is -2.10. The fourth-order valence-electron chi connectivity index (χ4n) is 1.63. The molecule has 1 N–H and O–H groups in total. The molecule has 0 bridgehead atoms. The molecule has 0 aliphatic carbocycles. The monoisotopic (exact) mass is 287 g/mol. The minimum Gasteiger partial charge on any atom is -0.491 e. The number of benzene rings is 1. The third kappa shape index (κ3) is 4.24. The number of thiophene rings is 1. The van der Waals surface area contributed by atoms with E-state index in [9.17, 15) is 4.79 Å². The Bertz CT molecular complexity index is 576. The predicted molar refractivity (Wildman–Crippen MR) is 84.2 cm³/mol. The van der Waals surface area contributed by atoms with Crippen molar-refractivity contribution in [2.75, 3.05) is 11.9 Å². The first kappa shape index (κ1) is 14.3. The molecule has 104 valence electrons. The van der Waals surface area contributed by atoms with Crippen molar-refractivity contribution < 1.29 is 9.53 Å². The summed E-state index contributed by atoms with van der Waals surface area (Å²) in [6, 6.07) is 11.4. The van der Waals surface area contributed by atoms with Gasteiger partial charge in [-0.3, -0.25) is 4.79 Å². The lowest BCUT2D eigenvalue weighted by molar-refractivity contribution is -0.111. The van der Waals surface area contributed by atoms with Gasteiger partial charge in [-0.2, -0.15) is 0 Å². The van der Waals surface area contributed by atoms with Crippen LogP contribution in [0.4, 0.5) is 5.69 Å². The van der Waals surface area contributed by atoms with Crippen molar-refractivity contribution in [3.05, 3.63) is 52.7 Å². The summed E-state index contributed by atoms with van der Waals surface area (Å²) in [5.74, 6) is 0.540. The number of hydrogen-bond acceptors (Lipinski definition) is 3. The Hall–Kier alpha value is -2.07. The molecule has 0 aliphatic heterocycles. The molecular weight excluding hydrogens is 270 g/mol. The van der Waals surface area contributed by atoms with Crippen LogP contribution < -0.4 is 10.1 Å². The van der Waals surface area contributed by atoms with Gasteiger partial charge in [0.05, 0.1) is 12.3 Å². The van der Waals surface area contributed by atoms with Crippen molar-refractivity contribution in [3.8, 4) is 5.75 Å². The van der Waals surface area contributed by atoms with E-state index in [1.54, 1.807) is 17.4 Å². The number of hydrogen-bond donors (Lipinski definition) is 1. The number of nitrogens with one attached hydrogen (secondary N) is 1.